The topological polar surface area (TPSA) is 0 Å². The first kappa shape index (κ1) is 15.5. The Morgan fingerprint density at radius 3 is 1.14 bits per heavy atom. The monoisotopic (exact) mass is 542 g/mol. The fraction of sp³-hybridized carbons (Fsp3) is 0. The zero-order chi connectivity index (χ0) is 15.3. The van der Waals surface area contributed by atoms with Gasteiger partial charge >= 0.3 is 146 Å². The van der Waals surface area contributed by atoms with Crippen molar-refractivity contribution in [3.63, 3.8) is 0 Å². The molecule has 0 atom stereocenters. The second-order valence-electron chi connectivity index (χ2n) is 5.07. The van der Waals surface area contributed by atoms with Gasteiger partial charge in [-0.25, -0.2) is 0 Å². The van der Waals surface area contributed by atoms with Gasteiger partial charge in [0.2, 0.25) is 0 Å². The molecule has 22 heavy (non-hydrogen) atoms. The molecule has 0 radical (unpaired) electrons. The Kier molecular flexibility index (Phi) is 5.12. The Bertz CT molecular complexity index is 690. The van der Waals surface area contributed by atoms with Crippen molar-refractivity contribution in [3.8, 4) is 8.31 Å². The van der Waals surface area contributed by atoms with Gasteiger partial charge in [-0.15, -0.1) is 0 Å². The van der Waals surface area contributed by atoms with Crippen LogP contribution in [-0.2, 0) is 0 Å². The second-order valence-corrected chi connectivity index (χ2v) is 19.0. The molecule has 0 heterocycles. The summed E-state index contributed by atoms with van der Waals surface area (Å²) in [7, 11) is 0. The predicted molar refractivity (Wildman–Crippen MR) is 101 cm³/mol. The molecule has 106 valence electrons. The van der Waals surface area contributed by atoms with Crippen LogP contribution < -0.4 is 9.37 Å². The van der Waals surface area contributed by atoms with Crippen LogP contribution in [0.15, 0.2) is 91.0 Å². The van der Waals surface area contributed by atoms with Crippen molar-refractivity contribution in [2.24, 2.45) is 0 Å². The average Bonchev–Trinajstić information content (AvgIpc) is 2.62. The molecule has 0 N–H and O–H groups in total. The summed E-state index contributed by atoms with van der Waals surface area (Å²) in [5.41, 5.74) is 0. The normalized spacial score (nSPS) is 10.6. The van der Waals surface area contributed by atoms with E-state index in [1.54, 1.807) is 0 Å². The molecule has 0 spiro atoms. The summed E-state index contributed by atoms with van der Waals surface area (Å²) in [6.07, 6.45) is 0. The van der Waals surface area contributed by atoms with E-state index in [0.717, 1.165) is 0 Å². The van der Waals surface area contributed by atoms with Crippen LogP contribution in [0.4, 0.5) is 0 Å². The van der Waals surface area contributed by atoms with Crippen molar-refractivity contribution in [2.75, 3.05) is 0 Å². The molecule has 0 aromatic heterocycles. The van der Waals surface area contributed by atoms with E-state index in [-0.39, 0.29) is 0 Å². The number of hydrogen-bond donors (Lipinski definition) is 0. The molecule has 2 heteroatoms. The number of hydrogen-bond acceptors (Lipinski definition) is 0. The Balaban J connectivity index is 2.36. The molecule has 3 rings (SSSR count). The SMILES string of the molecule is BrC#[C][Pb]([c]1ccccc1)([c]1ccccc1)[c]1ccccc1. The van der Waals surface area contributed by atoms with E-state index in [4.69, 9.17) is 0 Å². The first-order chi connectivity index (χ1) is 10.9. The summed E-state index contributed by atoms with van der Waals surface area (Å²) in [5.74, 6) is 0. The predicted octanol–water partition coefficient (Wildman–Crippen LogP) is 3.05. The van der Waals surface area contributed by atoms with Gasteiger partial charge in [0.05, 0.1) is 0 Å². The van der Waals surface area contributed by atoms with Gasteiger partial charge in [-0.05, 0) is 0 Å². The van der Waals surface area contributed by atoms with Crippen LogP contribution in [0.1, 0.15) is 0 Å². The molecule has 0 fully saturated rings. The van der Waals surface area contributed by atoms with Crippen molar-refractivity contribution in [3.05, 3.63) is 91.0 Å². The maximum atomic E-state index is 3.63. The molecule has 0 saturated heterocycles. The van der Waals surface area contributed by atoms with E-state index in [0.29, 0.717) is 0 Å². The van der Waals surface area contributed by atoms with E-state index < -0.39 is 21.2 Å². The van der Waals surface area contributed by atoms with Gasteiger partial charge < -0.3 is 0 Å². The van der Waals surface area contributed by atoms with Crippen molar-refractivity contribution >= 4 is 46.5 Å². The van der Waals surface area contributed by atoms with Gasteiger partial charge in [0.1, 0.15) is 0 Å². The van der Waals surface area contributed by atoms with Gasteiger partial charge in [-0.1, -0.05) is 0 Å². The zero-order valence-corrected chi connectivity index (χ0v) is 17.5. The molecule has 0 saturated carbocycles. The quantitative estimate of drug-likeness (QED) is 0.353. The van der Waals surface area contributed by atoms with Gasteiger partial charge in [-0.2, -0.15) is 0 Å². The molecule has 0 aliphatic heterocycles. The summed E-state index contributed by atoms with van der Waals surface area (Å²) in [5, 5.41) is 0. The third-order valence-corrected chi connectivity index (χ3v) is 21.4. The summed E-state index contributed by atoms with van der Waals surface area (Å²) in [6.45, 7) is 0. The van der Waals surface area contributed by atoms with Crippen molar-refractivity contribution in [1.29, 1.82) is 0 Å². The van der Waals surface area contributed by atoms with E-state index in [1.807, 2.05) is 0 Å². The first-order valence-electron chi connectivity index (χ1n) is 7.17. The summed E-state index contributed by atoms with van der Waals surface area (Å²) >= 11 is -0.0720. The van der Waals surface area contributed by atoms with E-state index >= 15 is 0 Å². The van der Waals surface area contributed by atoms with Gasteiger partial charge in [0.25, 0.3) is 0 Å². The summed E-state index contributed by atoms with van der Waals surface area (Å²) in [6, 6.07) is 32.3. The van der Waals surface area contributed by atoms with Gasteiger partial charge in [-0.3, -0.25) is 0 Å². The van der Waals surface area contributed by atoms with E-state index in [9.17, 15) is 0 Å². The second kappa shape index (κ2) is 7.26. The molecule has 0 aliphatic rings. The van der Waals surface area contributed by atoms with Crippen LogP contribution in [0.2, 0.25) is 0 Å². The fourth-order valence-corrected chi connectivity index (χ4v) is 19.7. The molecule has 0 unspecified atom stereocenters. The third kappa shape index (κ3) is 2.90. The van der Waals surface area contributed by atoms with Crippen LogP contribution in [-0.4, -0.2) is 21.2 Å². The maximum absolute atomic E-state index is 3.63. The van der Waals surface area contributed by atoms with Crippen molar-refractivity contribution in [1.82, 2.24) is 0 Å². The van der Waals surface area contributed by atoms with Gasteiger partial charge in [0.15, 0.2) is 0 Å². The molecule has 3 aromatic rings. The van der Waals surface area contributed by atoms with Crippen molar-refractivity contribution in [2.45, 2.75) is 0 Å². The van der Waals surface area contributed by atoms with Crippen LogP contribution in [0.3, 0.4) is 0 Å². The van der Waals surface area contributed by atoms with Gasteiger partial charge in [0, 0.05) is 0 Å². The van der Waals surface area contributed by atoms with E-state index in [1.165, 1.54) is 9.37 Å². The summed E-state index contributed by atoms with van der Waals surface area (Å²) < 4.78 is 7.80. The molecule has 0 amide bonds. The van der Waals surface area contributed by atoms with Crippen molar-refractivity contribution < 1.29 is 0 Å². The number of rotatable bonds is 3. The summed E-state index contributed by atoms with van der Waals surface area (Å²) in [4.78, 5) is 3.07. The Labute approximate surface area is 145 Å². The van der Waals surface area contributed by atoms with Crippen LogP contribution in [0.25, 0.3) is 0 Å². The molecule has 0 nitrogen and oxygen atoms in total. The first-order valence-corrected chi connectivity index (χ1v) is 15.7. The number of benzene rings is 3. The Morgan fingerprint density at radius 1 is 0.545 bits per heavy atom. The average molecular weight is 542 g/mol. The van der Waals surface area contributed by atoms with E-state index in [2.05, 4.69) is 115 Å². The van der Waals surface area contributed by atoms with Crippen LogP contribution >= 0.6 is 15.9 Å². The molecular formula is C20H15BrPb. The molecule has 0 aliphatic carbocycles. The fourth-order valence-electron chi connectivity index (χ4n) is 2.85. The standard InChI is InChI=1S/3C6H5.C2Br.Pb/c3*1-2-4-6-5-3-1;1-2-3;/h3*1-5H;;. The molecular weight excluding hydrogens is 527 g/mol. The Hall–Kier alpha value is -1.38. The molecule has 0 bridgehead atoms. The van der Waals surface area contributed by atoms with Crippen LogP contribution in [0.5, 0.6) is 0 Å². The zero-order valence-electron chi connectivity index (χ0n) is 12.0. The van der Waals surface area contributed by atoms with Crippen LogP contribution in [0, 0.1) is 8.31 Å². The minimum absolute atomic E-state index is 1.39. The Morgan fingerprint density at radius 2 is 0.864 bits per heavy atom. The third-order valence-electron chi connectivity index (χ3n) is 3.86. The molecule has 3 aromatic carbocycles. The minimum atomic E-state index is -3.44. The number of halogens is 1.